The summed E-state index contributed by atoms with van der Waals surface area (Å²) in [6, 6.07) is 10.1. The number of amides is 1. The molecule has 28 heavy (non-hydrogen) atoms. The zero-order valence-corrected chi connectivity index (χ0v) is 17.0. The fourth-order valence-electron chi connectivity index (χ4n) is 3.61. The molecule has 0 saturated heterocycles. The fourth-order valence-corrected chi connectivity index (χ4v) is 5.55. The Kier molecular flexibility index (Phi) is 4.70. The highest BCUT2D eigenvalue weighted by Crippen LogP contribution is 2.29. The standard InChI is InChI=1S/C21H20N4OS2/c26-19(24-20-22-16-9-5-2-6-10-18(16)28-20)11-15-13-27-21-23-17(12-25(15)21)14-7-3-1-4-8-14/h1,3-4,7-8,12-13H,2,5-6,9-11H2,(H,22,24,26). The number of rotatable bonds is 4. The molecule has 5 rings (SSSR count). The van der Waals surface area contributed by atoms with Crippen molar-refractivity contribution in [3.8, 4) is 11.3 Å². The Hall–Kier alpha value is -2.51. The van der Waals surface area contributed by atoms with Gasteiger partial charge in [-0.05, 0) is 25.7 Å². The molecule has 142 valence electrons. The van der Waals surface area contributed by atoms with E-state index < -0.39 is 0 Å². The highest BCUT2D eigenvalue weighted by molar-refractivity contribution is 7.16. The van der Waals surface area contributed by atoms with E-state index >= 15 is 0 Å². The average molecular weight is 409 g/mol. The lowest BCUT2D eigenvalue weighted by Gasteiger charge is -2.01. The molecule has 0 radical (unpaired) electrons. The van der Waals surface area contributed by atoms with Crippen LogP contribution in [0.1, 0.15) is 35.5 Å². The maximum absolute atomic E-state index is 12.6. The third-order valence-corrected chi connectivity index (χ3v) is 7.00. The lowest BCUT2D eigenvalue weighted by atomic mass is 10.2. The second-order valence-corrected chi connectivity index (χ2v) is 8.97. The van der Waals surface area contributed by atoms with Gasteiger partial charge < -0.3 is 5.32 Å². The quantitative estimate of drug-likeness (QED) is 0.485. The fraction of sp³-hybridized carbons (Fsp3) is 0.286. The molecule has 1 N–H and O–H groups in total. The Bertz CT molecular complexity index is 1100. The predicted molar refractivity (Wildman–Crippen MR) is 114 cm³/mol. The van der Waals surface area contributed by atoms with Gasteiger partial charge in [0.05, 0.1) is 17.8 Å². The molecule has 0 fully saturated rings. The molecule has 0 aliphatic heterocycles. The molecular formula is C21H20N4OS2. The van der Waals surface area contributed by atoms with Crippen molar-refractivity contribution in [2.45, 2.75) is 38.5 Å². The first kappa shape index (κ1) is 17.6. The summed E-state index contributed by atoms with van der Waals surface area (Å²) in [4.78, 5) is 24.2. The number of carbonyl (C=O) groups is 1. The van der Waals surface area contributed by atoms with Crippen LogP contribution in [0.4, 0.5) is 5.13 Å². The second-order valence-electron chi connectivity index (χ2n) is 7.05. The van der Waals surface area contributed by atoms with Crippen LogP contribution in [0.15, 0.2) is 41.9 Å². The zero-order valence-electron chi connectivity index (χ0n) is 15.4. The molecule has 0 spiro atoms. The van der Waals surface area contributed by atoms with E-state index in [9.17, 15) is 4.79 Å². The molecule has 1 aliphatic rings. The maximum atomic E-state index is 12.6. The van der Waals surface area contributed by atoms with E-state index in [1.165, 1.54) is 29.8 Å². The summed E-state index contributed by atoms with van der Waals surface area (Å²) in [5.74, 6) is -0.0291. The Morgan fingerprint density at radius 3 is 2.86 bits per heavy atom. The van der Waals surface area contributed by atoms with Crippen molar-refractivity contribution in [2.75, 3.05) is 5.32 Å². The number of benzene rings is 1. The first-order valence-corrected chi connectivity index (χ1v) is 11.3. The minimum atomic E-state index is -0.0291. The van der Waals surface area contributed by atoms with Gasteiger partial charge in [-0.3, -0.25) is 9.20 Å². The van der Waals surface area contributed by atoms with Gasteiger partial charge in [0.25, 0.3) is 0 Å². The van der Waals surface area contributed by atoms with Crippen LogP contribution in [-0.2, 0) is 24.1 Å². The van der Waals surface area contributed by atoms with Gasteiger partial charge in [-0.1, -0.05) is 36.8 Å². The first-order valence-electron chi connectivity index (χ1n) is 9.55. The van der Waals surface area contributed by atoms with E-state index in [0.29, 0.717) is 6.42 Å². The van der Waals surface area contributed by atoms with Crippen LogP contribution in [0.2, 0.25) is 0 Å². The topological polar surface area (TPSA) is 59.3 Å². The summed E-state index contributed by atoms with van der Waals surface area (Å²) in [6.45, 7) is 0. The maximum Gasteiger partial charge on any atom is 0.232 e. The lowest BCUT2D eigenvalue weighted by Crippen LogP contribution is -2.15. The monoisotopic (exact) mass is 408 g/mol. The van der Waals surface area contributed by atoms with Crippen LogP contribution in [0.25, 0.3) is 16.2 Å². The van der Waals surface area contributed by atoms with Crippen molar-refractivity contribution < 1.29 is 4.79 Å². The smallest absolute Gasteiger partial charge is 0.232 e. The number of thiazole rings is 2. The molecule has 7 heteroatoms. The number of anilines is 1. The van der Waals surface area contributed by atoms with Gasteiger partial charge in [0, 0.05) is 27.7 Å². The van der Waals surface area contributed by atoms with Crippen molar-refractivity contribution in [3.63, 3.8) is 0 Å². The summed E-state index contributed by atoms with van der Waals surface area (Å²) in [7, 11) is 0. The number of hydrogen-bond donors (Lipinski definition) is 1. The van der Waals surface area contributed by atoms with Gasteiger partial charge in [0.15, 0.2) is 10.1 Å². The molecule has 1 aromatic carbocycles. The lowest BCUT2D eigenvalue weighted by molar-refractivity contribution is -0.115. The molecule has 0 atom stereocenters. The molecule has 3 aromatic heterocycles. The van der Waals surface area contributed by atoms with E-state index in [1.54, 1.807) is 22.7 Å². The highest BCUT2D eigenvalue weighted by Gasteiger charge is 2.17. The number of fused-ring (bicyclic) bond motifs is 2. The van der Waals surface area contributed by atoms with E-state index in [2.05, 4.69) is 15.3 Å². The van der Waals surface area contributed by atoms with Crippen LogP contribution in [0.5, 0.6) is 0 Å². The summed E-state index contributed by atoms with van der Waals surface area (Å²) >= 11 is 3.20. The van der Waals surface area contributed by atoms with Gasteiger partial charge in [-0.15, -0.1) is 22.7 Å². The number of nitrogens with one attached hydrogen (secondary N) is 1. The largest absolute Gasteiger partial charge is 0.302 e. The number of imidazole rings is 1. The SMILES string of the molecule is O=C(Cc1csc2nc(-c3ccccc3)cn12)Nc1nc2c(s1)CCCCC2. The van der Waals surface area contributed by atoms with E-state index in [-0.39, 0.29) is 5.91 Å². The molecule has 0 bridgehead atoms. The van der Waals surface area contributed by atoms with Crippen molar-refractivity contribution >= 4 is 38.7 Å². The van der Waals surface area contributed by atoms with Gasteiger partial charge in [0.1, 0.15) is 0 Å². The number of hydrogen-bond acceptors (Lipinski definition) is 5. The molecule has 4 aromatic rings. The van der Waals surface area contributed by atoms with Gasteiger partial charge >= 0.3 is 0 Å². The summed E-state index contributed by atoms with van der Waals surface area (Å²) in [5.41, 5.74) is 4.14. The molecule has 0 unspecified atom stereocenters. The molecule has 0 saturated carbocycles. The number of aryl methyl sites for hydroxylation is 2. The van der Waals surface area contributed by atoms with Gasteiger partial charge in [-0.25, -0.2) is 9.97 Å². The average Bonchev–Trinajstić information content (AvgIpc) is 3.35. The minimum Gasteiger partial charge on any atom is -0.302 e. The molecule has 3 heterocycles. The Labute approximate surface area is 171 Å². The van der Waals surface area contributed by atoms with Crippen molar-refractivity contribution in [1.29, 1.82) is 0 Å². The molecule has 1 aliphatic carbocycles. The number of aromatic nitrogens is 3. The van der Waals surface area contributed by atoms with E-state index in [1.807, 2.05) is 46.3 Å². The Morgan fingerprint density at radius 2 is 1.96 bits per heavy atom. The summed E-state index contributed by atoms with van der Waals surface area (Å²) < 4.78 is 2.02. The summed E-state index contributed by atoms with van der Waals surface area (Å²) in [6.07, 6.45) is 8.13. The van der Waals surface area contributed by atoms with E-state index in [0.717, 1.165) is 39.9 Å². The normalized spacial score (nSPS) is 14.0. The van der Waals surface area contributed by atoms with Crippen molar-refractivity contribution in [1.82, 2.24) is 14.4 Å². The predicted octanol–water partition coefficient (Wildman–Crippen LogP) is 4.97. The van der Waals surface area contributed by atoms with E-state index in [4.69, 9.17) is 0 Å². The first-order chi connectivity index (χ1) is 13.8. The molecule has 1 amide bonds. The van der Waals surface area contributed by atoms with Crippen LogP contribution < -0.4 is 5.32 Å². The number of carbonyl (C=O) groups excluding carboxylic acids is 1. The van der Waals surface area contributed by atoms with Gasteiger partial charge in [-0.2, -0.15) is 0 Å². The van der Waals surface area contributed by atoms with Gasteiger partial charge in [0.2, 0.25) is 5.91 Å². The summed E-state index contributed by atoms with van der Waals surface area (Å²) in [5, 5.41) is 5.74. The Morgan fingerprint density at radius 1 is 1.11 bits per heavy atom. The van der Waals surface area contributed by atoms with Crippen LogP contribution in [0, 0.1) is 0 Å². The van der Waals surface area contributed by atoms with Crippen molar-refractivity contribution in [3.05, 3.63) is 58.2 Å². The molecular weight excluding hydrogens is 388 g/mol. The van der Waals surface area contributed by atoms with Crippen LogP contribution in [0.3, 0.4) is 0 Å². The van der Waals surface area contributed by atoms with Crippen molar-refractivity contribution in [2.24, 2.45) is 0 Å². The third kappa shape index (κ3) is 3.47. The van der Waals surface area contributed by atoms with Crippen LogP contribution in [-0.4, -0.2) is 20.3 Å². The molecule has 5 nitrogen and oxygen atoms in total. The second kappa shape index (κ2) is 7.48. The third-order valence-electron chi connectivity index (χ3n) is 5.04. The zero-order chi connectivity index (χ0) is 18.9. The van der Waals surface area contributed by atoms with Crippen LogP contribution >= 0.6 is 22.7 Å². The highest BCUT2D eigenvalue weighted by atomic mass is 32.1. The minimum absolute atomic E-state index is 0.0291. The number of nitrogens with zero attached hydrogens (tertiary/aromatic N) is 3. The Balaban J connectivity index is 1.32.